The molecule has 0 unspecified atom stereocenters. The van der Waals surface area contributed by atoms with E-state index in [0.29, 0.717) is 24.7 Å². The van der Waals surface area contributed by atoms with Gasteiger partial charge >= 0.3 is 0 Å². The molecule has 0 atom stereocenters. The Balaban J connectivity index is 3.54. The first-order chi connectivity index (χ1) is 5.70. The lowest BCUT2D eigenvalue weighted by atomic mass is 10.3. The number of carbonyl (C=O) groups excluding carboxylic acids is 1. The summed E-state index contributed by atoms with van der Waals surface area (Å²) in [6.07, 6.45) is 0.369. The van der Waals surface area contributed by atoms with Crippen molar-refractivity contribution in [1.82, 2.24) is 4.90 Å². The summed E-state index contributed by atoms with van der Waals surface area (Å²) >= 11 is 11.1. The van der Waals surface area contributed by atoms with Gasteiger partial charge in [-0.25, -0.2) is 0 Å². The van der Waals surface area contributed by atoms with Crippen LogP contribution in [0.3, 0.4) is 0 Å². The van der Waals surface area contributed by atoms with Gasteiger partial charge in [0.05, 0.1) is 0 Å². The van der Waals surface area contributed by atoms with Crippen LogP contribution in [0, 0.1) is 0 Å². The van der Waals surface area contributed by atoms with E-state index >= 15 is 0 Å². The van der Waals surface area contributed by atoms with E-state index in [-0.39, 0.29) is 5.91 Å². The summed E-state index contributed by atoms with van der Waals surface area (Å²) in [7, 11) is 0. The Labute approximate surface area is 82.8 Å². The number of alkyl halides is 2. The molecule has 0 aliphatic rings. The normalized spacial score (nSPS) is 10.6. The molecule has 0 radical (unpaired) electrons. The summed E-state index contributed by atoms with van der Waals surface area (Å²) in [6.45, 7) is 2.15. The Morgan fingerprint density at radius 2 is 1.67 bits per heavy atom. The van der Waals surface area contributed by atoms with E-state index in [1.165, 1.54) is 0 Å². The summed E-state index contributed by atoms with van der Waals surface area (Å²) in [6, 6.07) is 0. The third-order valence-corrected chi connectivity index (χ3v) is 1.81. The second-order valence-corrected chi connectivity index (χ2v) is 3.19. The minimum absolute atomic E-state index is 0.288. The van der Waals surface area contributed by atoms with Crippen molar-refractivity contribution < 1.29 is 4.79 Å². The summed E-state index contributed by atoms with van der Waals surface area (Å²) in [5.41, 5.74) is 5.00. The molecule has 0 bridgehead atoms. The molecule has 0 rings (SSSR count). The molecule has 2 N–H and O–H groups in total. The van der Waals surface area contributed by atoms with Crippen LogP contribution in [-0.4, -0.2) is 42.2 Å². The van der Waals surface area contributed by atoms with Crippen LogP contribution in [0.25, 0.3) is 0 Å². The zero-order valence-electron chi connectivity index (χ0n) is 6.93. The lowest BCUT2D eigenvalue weighted by Crippen LogP contribution is -2.31. The van der Waals surface area contributed by atoms with E-state index in [4.69, 9.17) is 28.9 Å². The fourth-order valence-corrected chi connectivity index (χ4v) is 1.32. The lowest BCUT2D eigenvalue weighted by Gasteiger charge is -2.18. The number of nitrogens with two attached hydrogens (primary N) is 1. The Bertz CT molecular complexity index is 127. The number of primary amides is 1. The van der Waals surface area contributed by atoms with Crippen LogP contribution in [0.15, 0.2) is 0 Å². The van der Waals surface area contributed by atoms with Gasteiger partial charge in [-0.3, -0.25) is 4.79 Å². The summed E-state index contributed by atoms with van der Waals surface area (Å²) < 4.78 is 0. The molecule has 0 aromatic carbocycles. The molecule has 0 fully saturated rings. The van der Waals surface area contributed by atoms with Crippen molar-refractivity contribution in [3.8, 4) is 0 Å². The van der Waals surface area contributed by atoms with Crippen molar-refractivity contribution in [1.29, 1.82) is 0 Å². The van der Waals surface area contributed by atoms with Gasteiger partial charge in [0.15, 0.2) is 0 Å². The first-order valence-electron chi connectivity index (χ1n) is 3.83. The minimum Gasteiger partial charge on any atom is -0.370 e. The molecular formula is C7H14Cl2N2O. The van der Waals surface area contributed by atoms with Crippen molar-refractivity contribution in [3.05, 3.63) is 0 Å². The summed E-state index contributed by atoms with van der Waals surface area (Å²) in [5, 5.41) is 0. The van der Waals surface area contributed by atoms with Crippen molar-refractivity contribution in [2.24, 2.45) is 5.73 Å². The average Bonchev–Trinajstić information content (AvgIpc) is 2.01. The maximum Gasteiger partial charge on any atom is 0.218 e. The Morgan fingerprint density at radius 3 is 2.00 bits per heavy atom. The van der Waals surface area contributed by atoms with Gasteiger partial charge in [0.2, 0.25) is 5.91 Å². The molecule has 0 aromatic rings. The first-order valence-corrected chi connectivity index (χ1v) is 4.90. The van der Waals surface area contributed by atoms with Gasteiger partial charge < -0.3 is 10.6 Å². The molecule has 0 saturated carbocycles. The predicted octanol–water partition coefficient (Wildman–Crippen LogP) is 0.641. The highest BCUT2D eigenvalue weighted by Gasteiger charge is 2.04. The molecule has 72 valence electrons. The average molecular weight is 213 g/mol. The molecule has 0 saturated heterocycles. The standard InChI is InChI=1S/C7H14Cl2N2O/c8-2-5-11(6-3-9)4-1-7(10)12/h1-6H2,(H2,10,12). The van der Waals surface area contributed by atoms with Gasteiger partial charge in [-0.05, 0) is 0 Å². The number of hydrogen-bond acceptors (Lipinski definition) is 2. The predicted molar refractivity (Wildman–Crippen MR) is 51.7 cm³/mol. The Kier molecular flexibility index (Phi) is 7.65. The fourth-order valence-electron chi connectivity index (χ4n) is 0.843. The molecule has 1 amide bonds. The highest BCUT2D eigenvalue weighted by molar-refractivity contribution is 6.18. The lowest BCUT2D eigenvalue weighted by molar-refractivity contribution is -0.118. The van der Waals surface area contributed by atoms with Crippen molar-refractivity contribution >= 4 is 29.1 Å². The number of nitrogens with zero attached hydrogens (tertiary/aromatic N) is 1. The zero-order valence-corrected chi connectivity index (χ0v) is 8.44. The first kappa shape index (κ1) is 12.0. The van der Waals surface area contributed by atoms with Gasteiger partial charge in [-0.1, -0.05) is 0 Å². The Morgan fingerprint density at radius 1 is 1.17 bits per heavy atom. The molecule has 5 heteroatoms. The van der Waals surface area contributed by atoms with Crippen molar-refractivity contribution in [2.75, 3.05) is 31.4 Å². The van der Waals surface area contributed by atoms with Crippen LogP contribution in [0.5, 0.6) is 0 Å². The summed E-state index contributed by atoms with van der Waals surface area (Å²) in [5.74, 6) is 0.815. The second-order valence-electron chi connectivity index (χ2n) is 2.44. The van der Waals surface area contributed by atoms with E-state index < -0.39 is 0 Å². The van der Waals surface area contributed by atoms with Crippen molar-refractivity contribution in [2.45, 2.75) is 6.42 Å². The molecule has 12 heavy (non-hydrogen) atoms. The van der Waals surface area contributed by atoms with Gasteiger partial charge in [0.1, 0.15) is 0 Å². The second kappa shape index (κ2) is 7.65. The largest absolute Gasteiger partial charge is 0.370 e. The number of halogens is 2. The SMILES string of the molecule is NC(=O)CCN(CCCl)CCCl. The number of amides is 1. The third kappa shape index (κ3) is 6.70. The molecular weight excluding hydrogens is 199 g/mol. The van der Waals surface area contributed by atoms with E-state index in [1.807, 2.05) is 4.90 Å². The zero-order chi connectivity index (χ0) is 9.40. The molecule has 3 nitrogen and oxygen atoms in total. The Hall–Kier alpha value is 0.01000. The maximum absolute atomic E-state index is 10.4. The van der Waals surface area contributed by atoms with E-state index in [2.05, 4.69) is 0 Å². The van der Waals surface area contributed by atoms with Crippen LogP contribution in [-0.2, 0) is 4.79 Å². The number of hydrogen-bond donors (Lipinski definition) is 1. The van der Waals surface area contributed by atoms with Gasteiger partial charge in [0, 0.05) is 37.8 Å². The van der Waals surface area contributed by atoms with Crippen LogP contribution in [0.4, 0.5) is 0 Å². The van der Waals surface area contributed by atoms with E-state index in [9.17, 15) is 4.79 Å². The molecule has 0 aliphatic heterocycles. The van der Waals surface area contributed by atoms with Crippen LogP contribution in [0.1, 0.15) is 6.42 Å². The van der Waals surface area contributed by atoms with E-state index in [0.717, 1.165) is 13.1 Å². The summed E-state index contributed by atoms with van der Waals surface area (Å²) in [4.78, 5) is 12.5. The quantitative estimate of drug-likeness (QED) is 0.631. The topological polar surface area (TPSA) is 46.3 Å². The fraction of sp³-hybridized carbons (Fsp3) is 0.857. The molecule has 0 aliphatic carbocycles. The maximum atomic E-state index is 10.4. The monoisotopic (exact) mass is 212 g/mol. The highest BCUT2D eigenvalue weighted by atomic mass is 35.5. The van der Waals surface area contributed by atoms with Crippen LogP contribution < -0.4 is 5.73 Å². The molecule has 0 aromatic heterocycles. The van der Waals surface area contributed by atoms with Gasteiger partial charge in [-0.2, -0.15) is 0 Å². The molecule has 0 spiro atoms. The number of carbonyl (C=O) groups is 1. The van der Waals surface area contributed by atoms with Gasteiger partial charge in [0.25, 0.3) is 0 Å². The molecule has 0 heterocycles. The smallest absolute Gasteiger partial charge is 0.218 e. The number of rotatable bonds is 7. The minimum atomic E-state index is -0.288. The van der Waals surface area contributed by atoms with Crippen molar-refractivity contribution in [3.63, 3.8) is 0 Å². The van der Waals surface area contributed by atoms with Gasteiger partial charge in [-0.15, -0.1) is 23.2 Å². The highest BCUT2D eigenvalue weighted by Crippen LogP contribution is 1.93. The van der Waals surface area contributed by atoms with Crippen LogP contribution in [0.2, 0.25) is 0 Å². The third-order valence-electron chi connectivity index (χ3n) is 1.48. The van der Waals surface area contributed by atoms with Crippen LogP contribution >= 0.6 is 23.2 Å². The van der Waals surface area contributed by atoms with E-state index in [1.54, 1.807) is 0 Å².